The van der Waals surface area contributed by atoms with Crippen LogP contribution < -0.4 is 15.4 Å². The van der Waals surface area contributed by atoms with Crippen molar-refractivity contribution in [3.05, 3.63) is 116 Å². The van der Waals surface area contributed by atoms with Crippen LogP contribution in [-0.4, -0.2) is 118 Å². The lowest BCUT2D eigenvalue weighted by Gasteiger charge is -2.29. The quantitative estimate of drug-likeness (QED) is 0.0196. The second kappa shape index (κ2) is 31.2. The molecule has 0 spiro atoms. The number of nitro groups is 1. The van der Waals surface area contributed by atoms with E-state index in [1.807, 2.05) is 24.3 Å². The van der Waals surface area contributed by atoms with Crippen LogP contribution >= 0.6 is 53.8 Å². The number of anilines is 1. The van der Waals surface area contributed by atoms with E-state index in [1.54, 1.807) is 45.1 Å². The first kappa shape index (κ1) is 67.6. The van der Waals surface area contributed by atoms with Gasteiger partial charge in [0.15, 0.2) is 18.3 Å². The number of carboxylic acid groups (broad SMARTS) is 1. The number of nitro benzene ring substituents is 1. The number of aliphatic carboxylic acids is 1. The van der Waals surface area contributed by atoms with Crippen molar-refractivity contribution in [2.45, 2.75) is 95.8 Å². The maximum Gasteiger partial charge on any atom is 0.416 e. The van der Waals surface area contributed by atoms with Gasteiger partial charge in [-0.2, -0.15) is 13.2 Å². The maximum atomic E-state index is 12.8. The molecule has 20 nitrogen and oxygen atoms in total. The lowest BCUT2D eigenvalue weighted by molar-refractivity contribution is -0.385. The molecule has 2 amide bonds. The Morgan fingerprint density at radius 2 is 1.65 bits per heavy atom. The smallest absolute Gasteiger partial charge is 0.416 e. The van der Waals surface area contributed by atoms with Crippen LogP contribution in [0.2, 0.25) is 5.02 Å². The molecular formula is C49H60Cl4F3N4O16P. The fourth-order valence-electron chi connectivity index (χ4n) is 6.78. The molecule has 0 aliphatic carbocycles. The first-order valence-corrected chi connectivity index (χ1v) is 27.2. The molecule has 3 aromatic carbocycles. The molecule has 0 saturated carbocycles. The predicted molar refractivity (Wildman–Crippen MR) is 281 cm³/mol. The highest BCUT2D eigenvalue weighted by molar-refractivity contribution is 7.57. The Labute approximate surface area is 462 Å². The number of carbonyl (C=O) groups is 5. The van der Waals surface area contributed by atoms with Gasteiger partial charge in [-0.15, -0.1) is 11.6 Å². The van der Waals surface area contributed by atoms with Crippen molar-refractivity contribution in [1.82, 2.24) is 4.90 Å². The monoisotopic (exact) mass is 1190 g/mol. The minimum Gasteiger partial charge on any atom is -0.480 e. The topological polar surface area (TPSA) is 278 Å². The molecule has 1 aliphatic heterocycles. The number of halogens is 7. The third kappa shape index (κ3) is 21.3. The average molecular weight is 1190 g/mol. The molecule has 0 bridgehead atoms. The van der Waals surface area contributed by atoms with E-state index in [0.717, 1.165) is 60.0 Å². The van der Waals surface area contributed by atoms with E-state index in [4.69, 9.17) is 90.2 Å². The Bertz CT molecular complexity index is 2660. The summed E-state index contributed by atoms with van der Waals surface area (Å²) in [6, 6.07) is 14.0. The molecule has 1 aromatic heterocycles. The highest BCUT2D eigenvalue weighted by Crippen LogP contribution is 2.39. The largest absolute Gasteiger partial charge is 0.480 e. The standard InChI is InChI=1S/C19H15ClF3NO7.C14H20ClNO2.C11H13Cl2NO3.C5H12NO4P/c1-3-29-17(25)10(2)30-18(26)13-9-12(5-6-15(13)24(27)28)31-16-7-4-11(8-14(16)20)19(21,22)23;1-4-11-7-6-8-12(5-2)14(11)16(10-18-3)13(17)9-15;1-11(2)14(10(15)9(12)13)6-8(17-11)7-4-3-5-16-7;1-11(9,10)3-2-4(6)5(7)8/h4-10H,3H2,1-2H3;6-8H,4-5,9-10H2,1-3H3;3-5,8-9H,6H2,1-2H3;4H,2-3,6H2,1H3,(H,7,8)(H,9,10). The van der Waals surface area contributed by atoms with Crippen LogP contribution in [0, 0.1) is 10.1 Å². The Hall–Kier alpha value is -5.49. The first-order chi connectivity index (χ1) is 35.9. The number of para-hydroxylation sites is 1. The van der Waals surface area contributed by atoms with Gasteiger partial charge in [-0.3, -0.25) is 34.0 Å². The molecule has 426 valence electrons. The number of amides is 2. The second-order valence-electron chi connectivity index (χ2n) is 16.8. The van der Waals surface area contributed by atoms with E-state index >= 15 is 0 Å². The van der Waals surface area contributed by atoms with Gasteiger partial charge in [-0.25, -0.2) is 9.59 Å². The Morgan fingerprint density at radius 1 is 1.03 bits per heavy atom. The molecule has 1 aliphatic rings. The van der Waals surface area contributed by atoms with E-state index in [-0.39, 0.29) is 66.2 Å². The zero-order valence-corrected chi connectivity index (χ0v) is 46.9. The number of carboxylic acids is 1. The number of benzene rings is 3. The zero-order chi connectivity index (χ0) is 58.6. The number of hydrogen-bond acceptors (Lipinski definition) is 15. The van der Waals surface area contributed by atoms with Crippen molar-refractivity contribution in [2.75, 3.05) is 50.6 Å². The SMILES string of the molecule is CC1(C)OC(c2ccco2)CN1C(=O)C(Cl)Cl.CCOC(=O)C(C)OC(=O)c1cc(Oc2ccc(C(F)(F)F)cc2Cl)ccc1[N+](=O)[O-].CCc1cccc(CC)c1N(COC)C(=O)CCl.CP(=O)(O)CCC(N)C(=O)O. The number of furan rings is 1. The molecule has 5 rings (SSSR count). The summed E-state index contributed by atoms with van der Waals surface area (Å²) < 4.78 is 80.0. The molecular weight excluding hydrogens is 1130 g/mol. The van der Waals surface area contributed by atoms with Crippen LogP contribution in [0.5, 0.6) is 11.5 Å². The lowest BCUT2D eigenvalue weighted by atomic mass is 10.0. The predicted octanol–water partition coefficient (Wildman–Crippen LogP) is 10.6. The zero-order valence-electron chi connectivity index (χ0n) is 43.0. The average Bonchev–Trinajstić information content (AvgIpc) is 4.02. The van der Waals surface area contributed by atoms with Crippen molar-refractivity contribution in [2.24, 2.45) is 5.73 Å². The van der Waals surface area contributed by atoms with Crippen LogP contribution in [0.15, 0.2) is 77.4 Å². The third-order valence-electron chi connectivity index (χ3n) is 10.6. The number of carbonyl (C=O) groups excluding carboxylic acids is 4. The highest BCUT2D eigenvalue weighted by Gasteiger charge is 2.45. The molecule has 28 heteroatoms. The van der Waals surface area contributed by atoms with E-state index in [1.165, 1.54) is 18.5 Å². The Kier molecular flexibility index (Phi) is 27.4. The number of esters is 2. The van der Waals surface area contributed by atoms with Crippen molar-refractivity contribution in [3.8, 4) is 11.5 Å². The molecule has 1 saturated heterocycles. The summed E-state index contributed by atoms with van der Waals surface area (Å²) in [6.45, 7) is 12.4. The molecule has 2 heterocycles. The number of alkyl halides is 6. The van der Waals surface area contributed by atoms with E-state index in [9.17, 15) is 51.8 Å². The summed E-state index contributed by atoms with van der Waals surface area (Å²) >= 11 is 22.7. The van der Waals surface area contributed by atoms with E-state index in [0.29, 0.717) is 18.4 Å². The summed E-state index contributed by atoms with van der Waals surface area (Å²) in [6.07, 6.45) is -2.90. The van der Waals surface area contributed by atoms with Crippen LogP contribution in [0.1, 0.15) is 86.9 Å². The number of nitrogens with two attached hydrogens (primary N) is 1. The van der Waals surface area contributed by atoms with E-state index in [2.05, 4.69) is 13.8 Å². The number of methoxy groups -OCH3 is 1. The number of hydrogen-bond donors (Lipinski definition) is 3. The molecule has 4 N–H and O–H groups in total. The molecule has 0 radical (unpaired) electrons. The van der Waals surface area contributed by atoms with Crippen molar-refractivity contribution in [3.63, 3.8) is 0 Å². The molecule has 4 aromatic rings. The van der Waals surface area contributed by atoms with Gasteiger partial charge in [0.1, 0.15) is 53.3 Å². The third-order valence-corrected chi connectivity index (χ3v) is 12.6. The number of rotatable bonds is 19. The van der Waals surface area contributed by atoms with Crippen LogP contribution in [0.3, 0.4) is 0 Å². The fourth-order valence-corrected chi connectivity index (χ4v) is 8.13. The van der Waals surface area contributed by atoms with E-state index < -0.39 is 75.9 Å². The molecule has 4 atom stereocenters. The molecule has 4 unspecified atom stereocenters. The summed E-state index contributed by atoms with van der Waals surface area (Å²) in [4.78, 5) is 79.1. The van der Waals surface area contributed by atoms with Gasteiger partial charge in [0.05, 0.1) is 40.6 Å². The number of aryl methyl sites for hydroxylation is 2. The highest BCUT2D eigenvalue weighted by atomic mass is 35.5. The number of ether oxygens (including phenoxy) is 5. The minimum absolute atomic E-state index is 0.0371. The van der Waals surface area contributed by atoms with Gasteiger partial charge in [-0.05, 0) is 94.5 Å². The van der Waals surface area contributed by atoms with Gasteiger partial charge in [0, 0.05) is 32.1 Å². The van der Waals surface area contributed by atoms with Gasteiger partial charge < -0.3 is 48.7 Å². The molecule has 77 heavy (non-hydrogen) atoms. The van der Waals surface area contributed by atoms with Gasteiger partial charge in [0.25, 0.3) is 11.6 Å². The minimum atomic E-state index is -4.61. The van der Waals surface area contributed by atoms with Gasteiger partial charge in [0.2, 0.25) is 5.91 Å². The summed E-state index contributed by atoms with van der Waals surface area (Å²) in [5.74, 6) is -3.33. The number of nitrogens with zero attached hydrogens (tertiary/aromatic N) is 3. The summed E-state index contributed by atoms with van der Waals surface area (Å²) in [7, 11) is -1.52. The van der Waals surface area contributed by atoms with Crippen LogP contribution in [0.4, 0.5) is 24.5 Å². The van der Waals surface area contributed by atoms with Crippen molar-refractivity contribution in [1.29, 1.82) is 0 Å². The Balaban J connectivity index is 0.000000378. The molecule has 1 fully saturated rings. The first-order valence-electron chi connectivity index (χ1n) is 23.1. The maximum absolute atomic E-state index is 12.8. The Morgan fingerprint density at radius 3 is 2.12 bits per heavy atom. The van der Waals surface area contributed by atoms with Gasteiger partial charge >= 0.3 is 24.1 Å². The summed E-state index contributed by atoms with van der Waals surface area (Å²) in [5, 5.41) is 19.2. The van der Waals surface area contributed by atoms with Crippen LogP contribution in [0.25, 0.3) is 0 Å². The van der Waals surface area contributed by atoms with Crippen LogP contribution in [-0.2, 0) is 61.7 Å². The van der Waals surface area contributed by atoms with Crippen molar-refractivity contribution < 1.29 is 84.7 Å². The second-order valence-corrected chi connectivity index (χ2v) is 21.1. The normalized spacial score (nSPS) is 15.1. The fraction of sp³-hybridized carbons (Fsp3) is 0.449. The van der Waals surface area contributed by atoms with Crippen molar-refractivity contribution >= 4 is 94.9 Å². The lowest BCUT2D eigenvalue weighted by Crippen LogP contribution is -2.45. The summed E-state index contributed by atoms with van der Waals surface area (Å²) in [5.41, 5.74) is 5.43. The van der Waals surface area contributed by atoms with Gasteiger partial charge in [-0.1, -0.05) is 66.8 Å².